The molecule has 128 valence electrons. The predicted molar refractivity (Wildman–Crippen MR) is 88.1 cm³/mol. The smallest absolute Gasteiger partial charge is 0.329 e. The molecule has 1 aliphatic carbocycles. The van der Waals surface area contributed by atoms with Gasteiger partial charge >= 0.3 is 5.97 Å². The first kappa shape index (κ1) is 17.1. The Morgan fingerprint density at radius 2 is 2.04 bits per heavy atom. The molecule has 1 aliphatic heterocycles. The number of hydroxylamine groups is 2. The summed E-state index contributed by atoms with van der Waals surface area (Å²) >= 11 is 5.93. The topological polar surface area (TPSA) is 83.9 Å². The van der Waals surface area contributed by atoms with Crippen LogP contribution in [0.3, 0.4) is 0 Å². The third kappa shape index (κ3) is 2.99. The van der Waals surface area contributed by atoms with E-state index in [2.05, 4.69) is 0 Å². The molecule has 6 nitrogen and oxygen atoms in total. The van der Waals surface area contributed by atoms with Crippen LogP contribution < -0.4 is 0 Å². The standard InChI is InChI=1S/C16H16ClNO5S/c1-18-13(16(20)21)12(15(23-18)8-3-4-8)14(19)10-6-5-9(17)7-11(10)24(2)22/h5-8,13H,3-4H2,1-2H3,(H,20,21). The number of halogens is 1. The average Bonchev–Trinajstić information content (AvgIpc) is 3.29. The average molecular weight is 370 g/mol. The van der Waals surface area contributed by atoms with Gasteiger partial charge in [0.2, 0.25) is 0 Å². The summed E-state index contributed by atoms with van der Waals surface area (Å²) in [6.45, 7) is 0. The highest BCUT2D eigenvalue weighted by molar-refractivity contribution is 7.84. The highest BCUT2D eigenvalue weighted by Gasteiger charge is 2.47. The van der Waals surface area contributed by atoms with Crippen LogP contribution in [0.2, 0.25) is 5.02 Å². The van der Waals surface area contributed by atoms with Gasteiger partial charge in [0.05, 0.1) is 21.3 Å². The predicted octanol–water partition coefficient (Wildman–Crippen LogP) is 2.25. The molecule has 8 heteroatoms. The summed E-state index contributed by atoms with van der Waals surface area (Å²) in [5.41, 5.74) is 0.306. The van der Waals surface area contributed by atoms with Gasteiger partial charge in [-0.2, -0.15) is 0 Å². The lowest BCUT2D eigenvalue weighted by atomic mass is 9.95. The Hall–Kier alpha value is -1.70. The van der Waals surface area contributed by atoms with Crippen LogP contribution in [-0.2, 0) is 20.4 Å². The minimum atomic E-state index is -1.44. The van der Waals surface area contributed by atoms with Crippen LogP contribution in [-0.4, -0.2) is 45.5 Å². The lowest BCUT2D eigenvalue weighted by Crippen LogP contribution is -2.36. The van der Waals surface area contributed by atoms with E-state index in [1.54, 1.807) is 0 Å². The normalized spacial score (nSPS) is 22.4. The number of Topliss-reactive ketones (excluding diaryl/α,β-unsaturated/α-hetero) is 1. The number of hydrogen-bond acceptors (Lipinski definition) is 5. The number of carboxylic acids is 1. The first-order valence-corrected chi connectivity index (χ1v) is 9.30. The largest absolute Gasteiger partial charge is 0.480 e. The molecule has 1 aromatic rings. The van der Waals surface area contributed by atoms with E-state index in [1.165, 1.54) is 36.6 Å². The molecule has 1 heterocycles. The van der Waals surface area contributed by atoms with Gasteiger partial charge in [-0.3, -0.25) is 13.8 Å². The van der Waals surface area contributed by atoms with Crippen molar-refractivity contribution in [1.82, 2.24) is 5.06 Å². The SMILES string of the molecule is CN1OC(C2CC2)=C(C(=O)c2ccc(Cl)cc2S(C)=O)C1C(=O)O. The lowest BCUT2D eigenvalue weighted by molar-refractivity contribution is -0.156. The number of aliphatic carboxylic acids is 1. The minimum Gasteiger partial charge on any atom is -0.480 e. The third-order valence-corrected chi connectivity index (χ3v) is 5.26. The van der Waals surface area contributed by atoms with Crippen LogP contribution in [0.5, 0.6) is 0 Å². The van der Waals surface area contributed by atoms with Gasteiger partial charge in [0.1, 0.15) is 5.76 Å². The summed E-state index contributed by atoms with van der Waals surface area (Å²) in [6, 6.07) is 3.30. The van der Waals surface area contributed by atoms with E-state index in [-0.39, 0.29) is 21.9 Å². The summed E-state index contributed by atoms with van der Waals surface area (Å²) < 4.78 is 12.0. The van der Waals surface area contributed by atoms with E-state index < -0.39 is 28.6 Å². The molecule has 2 unspecified atom stereocenters. The Kier molecular flexibility index (Phi) is 4.50. The van der Waals surface area contributed by atoms with Crippen molar-refractivity contribution in [2.24, 2.45) is 5.92 Å². The van der Waals surface area contributed by atoms with Crippen molar-refractivity contribution < 1.29 is 23.7 Å². The van der Waals surface area contributed by atoms with E-state index in [4.69, 9.17) is 16.4 Å². The molecule has 0 radical (unpaired) electrons. The Bertz CT molecular complexity index is 787. The Labute approximate surface area is 146 Å². The maximum absolute atomic E-state index is 13.1. The molecule has 24 heavy (non-hydrogen) atoms. The van der Waals surface area contributed by atoms with Gasteiger partial charge < -0.3 is 9.94 Å². The molecule has 1 N–H and O–H groups in total. The number of carbonyl (C=O) groups is 2. The summed E-state index contributed by atoms with van der Waals surface area (Å²) in [5.74, 6) is -1.16. The first-order valence-electron chi connectivity index (χ1n) is 7.36. The van der Waals surface area contributed by atoms with Gasteiger partial charge in [0, 0.05) is 29.8 Å². The summed E-state index contributed by atoms with van der Waals surface area (Å²) in [5, 5.41) is 11.0. The van der Waals surface area contributed by atoms with Crippen molar-refractivity contribution in [2.45, 2.75) is 23.8 Å². The van der Waals surface area contributed by atoms with Crippen molar-refractivity contribution in [1.29, 1.82) is 0 Å². The number of carbonyl (C=O) groups excluding carboxylic acids is 1. The molecule has 3 rings (SSSR count). The Morgan fingerprint density at radius 3 is 2.58 bits per heavy atom. The first-order chi connectivity index (χ1) is 11.3. The fraction of sp³-hybridized carbons (Fsp3) is 0.375. The maximum atomic E-state index is 13.1. The molecule has 1 saturated carbocycles. The van der Waals surface area contributed by atoms with E-state index in [0.717, 1.165) is 12.8 Å². The van der Waals surface area contributed by atoms with Gasteiger partial charge in [-0.25, -0.2) is 0 Å². The van der Waals surface area contributed by atoms with Crippen LogP contribution in [0, 0.1) is 5.92 Å². The molecule has 2 atom stereocenters. The molecule has 1 fully saturated rings. The Balaban J connectivity index is 2.12. The fourth-order valence-electron chi connectivity index (χ4n) is 2.80. The van der Waals surface area contributed by atoms with Gasteiger partial charge in [0.15, 0.2) is 11.8 Å². The van der Waals surface area contributed by atoms with Crippen molar-refractivity contribution in [3.05, 3.63) is 40.1 Å². The van der Waals surface area contributed by atoms with Gasteiger partial charge in [-0.15, -0.1) is 5.06 Å². The zero-order chi connectivity index (χ0) is 17.6. The second kappa shape index (κ2) is 6.31. The lowest BCUT2D eigenvalue weighted by Gasteiger charge is -2.16. The number of likely N-dealkylation sites (N-methyl/N-ethyl adjacent to an activating group) is 1. The third-order valence-electron chi connectivity index (χ3n) is 4.07. The van der Waals surface area contributed by atoms with Crippen LogP contribution in [0.25, 0.3) is 0 Å². The van der Waals surface area contributed by atoms with E-state index in [1.807, 2.05) is 0 Å². The molecule has 2 aliphatic rings. The molecular weight excluding hydrogens is 354 g/mol. The van der Waals surface area contributed by atoms with Crippen LogP contribution in [0.15, 0.2) is 34.4 Å². The molecule has 0 aromatic heterocycles. The maximum Gasteiger partial charge on any atom is 0.329 e. The quantitative estimate of drug-likeness (QED) is 0.801. The molecule has 0 bridgehead atoms. The number of hydrogen-bond donors (Lipinski definition) is 1. The zero-order valence-electron chi connectivity index (χ0n) is 13.1. The highest BCUT2D eigenvalue weighted by Crippen LogP contribution is 2.44. The van der Waals surface area contributed by atoms with Gasteiger partial charge in [-0.05, 0) is 31.0 Å². The number of carboxylic acid groups (broad SMARTS) is 1. The van der Waals surface area contributed by atoms with E-state index in [9.17, 15) is 18.9 Å². The minimum absolute atomic E-state index is 0.0682. The van der Waals surface area contributed by atoms with Crippen molar-refractivity contribution in [3.8, 4) is 0 Å². The van der Waals surface area contributed by atoms with E-state index in [0.29, 0.717) is 10.8 Å². The molecule has 1 aromatic carbocycles. The number of nitrogens with zero attached hydrogens (tertiary/aromatic N) is 1. The van der Waals surface area contributed by atoms with Crippen LogP contribution >= 0.6 is 11.6 Å². The number of allylic oxidation sites excluding steroid dienone is 1. The number of rotatable bonds is 5. The zero-order valence-corrected chi connectivity index (χ0v) is 14.7. The van der Waals surface area contributed by atoms with Crippen LogP contribution in [0.4, 0.5) is 0 Å². The molecule has 0 amide bonds. The molecular formula is C16H16ClNO5S. The number of benzene rings is 1. The number of ketones is 1. The monoisotopic (exact) mass is 369 g/mol. The molecule has 0 saturated heterocycles. The summed E-state index contributed by atoms with van der Waals surface area (Å²) in [6.07, 6.45) is 3.17. The second-order valence-electron chi connectivity index (χ2n) is 5.85. The second-order valence-corrected chi connectivity index (χ2v) is 7.64. The Morgan fingerprint density at radius 1 is 1.38 bits per heavy atom. The summed E-state index contributed by atoms with van der Waals surface area (Å²) in [4.78, 5) is 30.5. The summed E-state index contributed by atoms with van der Waals surface area (Å²) in [7, 11) is 0.0501. The van der Waals surface area contributed by atoms with Gasteiger partial charge in [0.25, 0.3) is 0 Å². The fourth-order valence-corrected chi connectivity index (χ4v) is 3.80. The van der Waals surface area contributed by atoms with Crippen molar-refractivity contribution in [3.63, 3.8) is 0 Å². The van der Waals surface area contributed by atoms with Crippen molar-refractivity contribution in [2.75, 3.05) is 13.3 Å². The van der Waals surface area contributed by atoms with Crippen LogP contribution in [0.1, 0.15) is 23.2 Å². The highest BCUT2D eigenvalue weighted by atomic mass is 35.5. The molecule has 0 spiro atoms. The van der Waals surface area contributed by atoms with Crippen molar-refractivity contribution >= 4 is 34.2 Å². The van der Waals surface area contributed by atoms with E-state index >= 15 is 0 Å². The van der Waals surface area contributed by atoms with Gasteiger partial charge in [-0.1, -0.05) is 11.6 Å².